The maximum atomic E-state index is 12.8. The summed E-state index contributed by atoms with van der Waals surface area (Å²) in [7, 11) is 1.71. The summed E-state index contributed by atoms with van der Waals surface area (Å²) in [4.78, 5) is 15.0. The molecule has 0 radical (unpaired) electrons. The van der Waals surface area contributed by atoms with Crippen LogP contribution in [-0.4, -0.2) is 42.1 Å². The highest BCUT2D eigenvalue weighted by atomic mass is 32.1. The van der Waals surface area contributed by atoms with E-state index in [1.54, 1.807) is 7.11 Å². The minimum absolute atomic E-state index is 0.118. The summed E-state index contributed by atoms with van der Waals surface area (Å²) < 4.78 is 5.47. The highest BCUT2D eigenvalue weighted by molar-refractivity contribution is 7.80. The van der Waals surface area contributed by atoms with Crippen LogP contribution in [0.15, 0.2) is 0 Å². The molecule has 0 bridgehead atoms. The van der Waals surface area contributed by atoms with Crippen molar-refractivity contribution in [1.29, 1.82) is 0 Å². The lowest BCUT2D eigenvalue weighted by atomic mass is 9.61. The molecule has 1 heterocycles. The summed E-state index contributed by atoms with van der Waals surface area (Å²) in [6.45, 7) is 5.76. The number of nitrogens with zero attached hydrogens (tertiary/aromatic N) is 1. The first-order chi connectivity index (χ1) is 8.90. The molecule has 2 unspecified atom stereocenters. The largest absolute Gasteiger partial charge is 0.392 e. The third-order valence-corrected chi connectivity index (χ3v) is 5.14. The molecule has 2 atom stereocenters. The molecule has 0 aromatic heterocycles. The van der Waals surface area contributed by atoms with Gasteiger partial charge in [-0.25, -0.2) is 0 Å². The Kier molecular flexibility index (Phi) is 4.16. The zero-order chi connectivity index (χ0) is 14.2. The van der Waals surface area contributed by atoms with Crippen molar-refractivity contribution in [3.05, 3.63) is 0 Å². The van der Waals surface area contributed by atoms with E-state index in [1.165, 1.54) is 0 Å². The van der Waals surface area contributed by atoms with Gasteiger partial charge in [0.2, 0.25) is 5.91 Å². The quantitative estimate of drug-likeness (QED) is 0.799. The lowest BCUT2D eigenvalue weighted by Gasteiger charge is -2.48. The Morgan fingerprint density at radius 1 is 1.42 bits per heavy atom. The maximum absolute atomic E-state index is 12.8. The summed E-state index contributed by atoms with van der Waals surface area (Å²) in [5, 5.41) is 0. The molecule has 1 saturated heterocycles. The average Bonchev–Trinajstić information content (AvgIpc) is 2.34. The molecule has 4 nitrogen and oxygen atoms in total. The van der Waals surface area contributed by atoms with Crippen molar-refractivity contribution in [2.24, 2.45) is 23.0 Å². The number of thiocarbonyl (C=S) groups is 1. The van der Waals surface area contributed by atoms with Gasteiger partial charge >= 0.3 is 0 Å². The highest BCUT2D eigenvalue weighted by Crippen LogP contribution is 2.47. The summed E-state index contributed by atoms with van der Waals surface area (Å²) in [6, 6.07) is 0. The van der Waals surface area contributed by atoms with Crippen molar-refractivity contribution < 1.29 is 9.53 Å². The minimum atomic E-state index is -0.576. The van der Waals surface area contributed by atoms with Crippen LogP contribution in [0.5, 0.6) is 0 Å². The zero-order valence-electron chi connectivity index (χ0n) is 12.0. The molecule has 0 aromatic rings. The molecule has 1 saturated carbocycles. The van der Waals surface area contributed by atoms with Gasteiger partial charge in [-0.1, -0.05) is 26.1 Å². The minimum Gasteiger partial charge on any atom is -0.392 e. The molecule has 1 aliphatic heterocycles. The number of rotatable bonds is 3. The van der Waals surface area contributed by atoms with Crippen LogP contribution in [-0.2, 0) is 9.53 Å². The first-order valence-corrected chi connectivity index (χ1v) is 7.43. The van der Waals surface area contributed by atoms with Gasteiger partial charge in [-0.3, -0.25) is 4.79 Å². The first-order valence-electron chi connectivity index (χ1n) is 7.03. The predicted molar refractivity (Wildman–Crippen MR) is 78.8 cm³/mol. The van der Waals surface area contributed by atoms with Crippen LogP contribution in [0.25, 0.3) is 0 Å². The van der Waals surface area contributed by atoms with Crippen LogP contribution in [0, 0.1) is 17.3 Å². The van der Waals surface area contributed by atoms with Crippen LogP contribution in [0.1, 0.15) is 33.1 Å². The molecule has 0 spiro atoms. The van der Waals surface area contributed by atoms with Crippen LogP contribution in [0.4, 0.5) is 0 Å². The molecule has 5 heteroatoms. The second kappa shape index (κ2) is 5.37. The Balaban J connectivity index is 2.09. The van der Waals surface area contributed by atoms with Gasteiger partial charge in [0.1, 0.15) is 0 Å². The second-order valence-electron chi connectivity index (χ2n) is 6.25. The van der Waals surface area contributed by atoms with E-state index in [-0.39, 0.29) is 12.0 Å². The number of hydrogen-bond acceptors (Lipinski definition) is 3. The van der Waals surface area contributed by atoms with E-state index in [0.29, 0.717) is 23.4 Å². The van der Waals surface area contributed by atoms with E-state index >= 15 is 0 Å². The Bertz CT molecular complexity index is 380. The number of carbonyl (C=O) groups is 1. The van der Waals surface area contributed by atoms with Crippen LogP contribution >= 0.6 is 12.2 Å². The van der Waals surface area contributed by atoms with E-state index in [1.807, 2.05) is 4.90 Å². The topological polar surface area (TPSA) is 55.6 Å². The first kappa shape index (κ1) is 14.7. The molecule has 108 valence electrons. The molecule has 2 aliphatic rings. The van der Waals surface area contributed by atoms with Crippen molar-refractivity contribution in [3.63, 3.8) is 0 Å². The fraction of sp³-hybridized carbons (Fsp3) is 0.857. The second-order valence-corrected chi connectivity index (χ2v) is 6.69. The number of ether oxygens (including phenoxy) is 1. The van der Waals surface area contributed by atoms with Gasteiger partial charge < -0.3 is 15.4 Å². The van der Waals surface area contributed by atoms with Gasteiger partial charge in [-0.2, -0.15) is 0 Å². The number of hydrogen-bond donors (Lipinski definition) is 1. The van der Waals surface area contributed by atoms with Crippen LogP contribution in [0.3, 0.4) is 0 Å². The molecule has 2 rings (SSSR count). The van der Waals surface area contributed by atoms with E-state index in [2.05, 4.69) is 13.8 Å². The SMILES string of the molecule is COC1CN(C(=O)C2(C(N)=S)CC(C)C2)CCC1C. The maximum Gasteiger partial charge on any atom is 0.235 e. The summed E-state index contributed by atoms with van der Waals surface area (Å²) in [6.07, 6.45) is 2.70. The number of piperidine rings is 1. The molecule has 1 amide bonds. The highest BCUT2D eigenvalue weighted by Gasteiger charge is 2.53. The normalized spacial score (nSPS) is 38.7. The number of carbonyl (C=O) groups excluding carboxylic acids is 1. The van der Waals surface area contributed by atoms with Gasteiger partial charge in [0.25, 0.3) is 0 Å². The summed E-state index contributed by atoms with van der Waals surface area (Å²) >= 11 is 5.16. The number of methoxy groups -OCH3 is 1. The third-order valence-electron chi connectivity index (χ3n) is 4.75. The fourth-order valence-electron chi connectivity index (χ4n) is 3.44. The smallest absolute Gasteiger partial charge is 0.235 e. The molecule has 0 aromatic carbocycles. The Morgan fingerprint density at radius 3 is 2.53 bits per heavy atom. The molecule has 2 N–H and O–H groups in total. The fourth-order valence-corrected chi connectivity index (χ4v) is 3.69. The molecule has 1 aliphatic carbocycles. The van der Waals surface area contributed by atoms with Gasteiger partial charge in [-0.05, 0) is 31.1 Å². The monoisotopic (exact) mass is 284 g/mol. The van der Waals surface area contributed by atoms with Crippen molar-refractivity contribution in [1.82, 2.24) is 4.90 Å². The summed E-state index contributed by atoms with van der Waals surface area (Å²) in [5.41, 5.74) is 5.27. The lowest BCUT2D eigenvalue weighted by Crippen LogP contribution is -2.59. The van der Waals surface area contributed by atoms with Crippen LogP contribution in [0.2, 0.25) is 0 Å². The lowest BCUT2D eigenvalue weighted by molar-refractivity contribution is -0.149. The molecule has 19 heavy (non-hydrogen) atoms. The predicted octanol–water partition coefficient (Wildman–Crippen LogP) is 1.57. The average molecular weight is 284 g/mol. The van der Waals surface area contributed by atoms with E-state index < -0.39 is 5.41 Å². The molecule has 2 fully saturated rings. The van der Waals surface area contributed by atoms with Crippen LogP contribution < -0.4 is 5.73 Å². The standard InChI is InChI=1S/C14H24N2O2S/c1-9-6-14(7-9,12(15)19)13(17)16-5-4-10(2)11(8-16)18-3/h9-11H,4-8H2,1-3H3,(H2,15,19). The number of amides is 1. The number of nitrogens with two attached hydrogens (primary N) is 1. The van der Waals surface area contributed by atoms with Gasteiger partial charge in [0, 0.05) is 20.2 Å². The Morgan fingerprint density at radius 2 is 2.05 bits per heavy atom. The van der Waals surface area contributed by atoms with Gasteiger partial charge in [-0.15, -0.1) is 0 Å². The molecular weight excluding hydrogens is 260 g/mol. The van der Waals surface area contributed by atoms with E-state index in [4.69, 9.17) is 22.7 Å². The van der Waals surface area contributed by atoms with E-state index in [9.17, 15) is 4.79 Å². The zero-order valence-corrected chi connectivity index (χ0v) is 12.8. The molecular formula is C14H24N2O2S. The van der Waals surface area contributed by atoms with Gasteiger partial charge in [0.05, 0.1) is 16.5 Å². The Hall–Kier alpha value is -0.680. The Labute approximate surface area is 120 Å². The van der Waals surface area contributed by atoms with Crippen molar-refractivity contribution >= 4 is 23.1 Å². The van der Waals surface area contributed by atoms with Gasteiger partial charge in [0.15, 0.2) is 0 Å². The number of likely N-dealkylation sites (tertiary alicyclic amines) is 1. The third kappa shape index (κ3) is 2.50. The van der Waals surface area contributed by atoms with Crippen molar-refractivity contribution in [3.8, 4) is 0 Å². The van der Waals surface area contributed by atoms with E-state index in [0.717, 1.165) is 25.8 Å². The summed E-state index contributed by atoms with van der Waals surface area (Å²) in [5.74, 6) is 1.15. The van der Waals surface area contributed by atoms with Crippen molar-refractivity contribution in [2.75, 3.05) is 20.2 Å². The van der Waals surface area contributed by atoms with Crippen molar-refractivity contribution in [2.45, 2.75) is 39.2 Å².